The third-order valence-corrected chi connectivity index (χ3v) is 3.94. The van der Waals surface area contributed by atoms with Crippen LogP contribution in [0.2, 0.25) is 0 Å². The molecule has 2 N–H and O–H groups in total. The molecule has 1 aromatic heterocycles. The van der Waals surface area contributed by atoms with Gasteiger partial charge in [0.05, 0.1) is 11.0 Å². The van der Waals surface area contributed by atoms with Gasteiger partial charge in [0, 0.05) is 23.7 Å². The Labute approximate surface area is 121 Å². The average molecular weight is 287 g/mol. The number of nitro groups is 1. The number of nitrogens with two attached hydrogens (primary N) is 1. The maximum Gasteiger partial charge on any atom is 0.270 e. The second-order valence-electron chi connectivity index (χ2n) is 5.42. The Bertz CT molecular complexity index is 646. The second-order valence-corrected chi connectivity index (χ2v) is 5.42. The van der Waals surface area contributed by atoms with Gasteiger partial charge in [-0.3, -0.25) is 10.1 Å². The van der Waals surface area contributed by atoms with Crippen LogP contribution in [0.25, 0.3) is 11.4 Å². The molecular formula is C14H17N5O2. The number of hydrogen-bond donors (Lipinski definition) is 1. The lowest BCUT2D eigenvalue weighted by Crippen LogP contribution is -2.28. The normalized spacial score (nSPS) is 22.1. The SMILES string of the molecule is NC1CCC(n2cnc(-c3cccc([N+](=O)[O-])c3)n2)CC1. The molecule has 0 aliphatic heterocycles. The summed E-state index contributed by atoms with van der Waals surface area (Å²) in [5, 5.41) is 15.3. The molecule has 0 radical (unpaired) electrons. The fourth-order valence-electron chi connectivity index (χ4n) is 2.71. The second kappa shape index (κ2) is 5.61. The van der Waals surface area contributed by atoms with Crippen molar-refractivity contribution in [3.05, 3.63) is 40.7 Å². The Balaban J connectivity index is 1.81. The van der Waals surface area contributed by atoms with Gasteiger partial charge in [-0.1, -0.05) is 12.1 Å². The molecule has 7 heteroatoms. The van der Waals surface area contributed by atoms with Crippen molar-refractivity contribution in [2.75, 3.05) is 0 Å². The van der Waals surface area contributed by atoms with Crippen molar-refractivity contribution >= 4 is 5.69 Å². The molecule has 0 bridgehead atoms. The zero-order valence-corrected chi connectivity index (χ0v) is 11.6. The molecule has 3 rings (SSSR count). The van der Waals surface area contributed by atoms with E-state index in [0.29, 0.717) is 23.5 Å². The largest absolute Gasteiger partial charge is 0.328 e. The van der Waals surface area contributed by atoms with Gasteiger partial charge in [-0.05, 0) is 25.7 Å². The highest BCUT2D eigenvalue weighted by atomic mass is 16.6. The number of rotatable bonds is 3. The average Bonchev–Trinajstić information content (AvgIpc) is 2.98. The standard InChI is InChI=1S/C14H17N5O2/c15-11-4-6-12(7-5-11)18-9-16-14(17-18)10-2-1-3-13(8-10)19(20)21/h1-3,8-9,11-12H,4-7,15H2. The molecule has 1 aromatic carbocycles. The predicted octanol–water partition coefficient (Wildman–Crippen LogP) is 2.30. The summed E-state index contributed by atoms with van der Waals surface area (Å²) in [6, 6.07) is 7.00. The van der Waals surface area contributed by atoms with E-state index in [2.05, 4.69) is 10.1 Å². The number of hydrogen-bond acceptors (Lipinski definition) is 5. The monoisotopic (exact) mass is 287 g/mol. The maximum atomic E-state index is 10.8. The van der Waals surface area contributed by atoms with Crippen molar-refractivity contribution in [1.29, 1.82) is 0 Å². The van der Waals surface area contributed by atoms with Crippen LogP contribution in [0, 0.1) is 10.1 Å². The first-order valence-corrected chi connectivity index (χ1v) is 7.05. The van der Waals surface area contributed by atoms with Gasteiger partial charge in [0.15, 0.2) is 5.82 Å². The number of non-ortho nitro benzene ring substituents is 1. The van der Waals surface area contributed by atoms with Gasteiger partial charge in [-0.25, -0.2) is 9.67 Å². The molecule has 0 saturated heterocycles. The van der Waals surface area contributed by atoms with E-state index >= 15 is 0 Å². The molecular weight excluding hydrogens is 270 g/mol. The topological polar surface area (TPSA) is 99.9 Å². The highest BCUT2D eigenvalue weighted by Crippen LogP contribution is 2.28. The third-order valence-electron chi connectivity index (χ3n) is 3.94. The molecule has 2 aromatic rings. The quantitative estimate of drug-likeness (QED) is 0.689. The van der Waals surface area contributed by atoms with Crippen molar-refractivity contribution in [3.63, 3.8) is 0 Å². The van der Waals surface area contributed by atoms with Gasteiger partial charge in [0.25, 0.3) is 5.69 Å². The van der Waals surface area contributed by atoms with E-state index in [4.69, 9.17) is 5.73 Å². The predicted molar refractivity (Wildman–Crippen MR) is 77.6 cm³/mol. The van der Waals surface area contributed by atoms with Gasteiger partial charge < -0.3 is 5.73 Å². The maximum absolute atomic E-state index is 10.8. The summed E-state index contributed by atoms with van der Waals surface area (Å²) in [5.41, 5.74) is 6.62. The van der Waals surface area contributed by atoms with Crippen molar-refractivity contribution in [1.82, 2.24) is 14.8 Å². The van der Waals surface area contributed by atoms with Crippen LogP contribution in [0.4, 0.5) is 5.69 Å². The summed E-state index contributed by atoms with van der Waals surface area (Å²) < 4.78 is 1.86. The van der Waals surface area contributed by atoms with Crippen LogP contribution in [0.3, 0.4) is 0 Å². The Morgan fingerprint density at radius 2 is 2.05 bits per heavy atom. The van der Waals surface area contributed by atoms with Crippen molar-refractivity contribution < 1.29 is 4.92 Å². The highest BCUT2D eigenvalue weighted by molar-refractivity contribution is 5.58. The minimum absolute atomic E-state index is 0.0486. The van der Waals surface area contributed by atoms with Gasteiger partial charge in [0.2, 0.25) is 0 Å². The number of aromatic nitrogens is 3. The number of nitro benzene ring substituents is 1. The van der Waals surface area contributed by atoms with Crippen LogP contribution in [-0.2, 0) is 0 Å². The fraction of sp³-hybridized carbons (Fsp3) is 0.429. The lowest BCUT2D eigenvalue weighted by atomic mass is 9.92. The summed E-state index contributed by atoms with van der Waals surface area (Å²) in [4.78, 5) is 14.7. The number of nitrogens with zero attached hydrogens (tertiary/aromatic N) is 4. The summed E-state index contributed by atoms with van der Waals surface area (Å²) in [5.74, 6) is 0.522. The molecule has 0 unspecified atom stereocenters. The molecule has 0 atom stereocenters. The fourth-order valence-corrected chi connectivity index (χ4v) is 2.71. The molecule has 110 valence electrons. The van der Waals surface area contributed by atoms with Crippen LogP contribution >= 0.6 is 0 Å². The summed E-state index contributed by atoms with van der Waals surface area (Å²) in [6.45, 7) is 0. The molecule has 21 heavy (non-hydrogen) atoms. The minimum Gasteiger partial charge on any atom is -0.328 e. The molecule has 0 amide bonds. The smallest absolute Gasteiger partial charge is 0.270 e. The van der Waals surface area contributed by atoms with Crippen molar-refractivity contribution in [2.45, 2.75) is 37.8 Å². The Kier molecular flexibility index (Phi) is 3.66. The van der Waals surface area contributed by atoms with Crippen LogP contribution in [0.1, 0.15) is 31.7 Å². The van der Waals surface area contributed by atoms with Gasteiger partial charge >= 0.3 is 0 Å². The summed E-state index contributed by atoms with van der Waals surface area (Å²) in [6.07, 6.45) is 5.70. The molecule has 1 fully saturated rings. The van der Waals surface area contributed by atoms with Gasteiger partial charge in [0.1, 0.15) is 6.33 Å². The van der Waals surface area contributed by atoms with Crippen molar-refractivity contribution in [2.24, 2.45) is 5.73 Å². The zero-order valence-electron chi connectivity index (χ0n) is 11.6. The van der Waals surface area contributed by atoms with E-state index in [-0.39, 0.29) is 5.69 Å². The zero-order chi connectivity index (χ0) is 14.8. The van der Waals surface area contributed by atoms with Crippen LogP contribution in [0.15, 0.2) is 30.6 Å². The van der Waals surface area contributed by atoms with Crippen LogP contribution in [-0.4, -0.2) is 25.7 Å². The molecule has 0 spiro atoms. The van der Waals surface area contributed by atoms with Crippen LogP contribution in [0.5, 0.6) is 0 Å². The van der Waals surface area contributed by atoms with Crippen molar-refractivity contribution in [3.8, 4) is 11.4 Å². The van der Waals surface area contributed by atoms with E-state index in [0.717, 1.165) is 25.7 Å². The van der Waals surface area contributed by atoms with Gasteiger partial charge in [-0.15, -0.1) is 0 Å². The molecule has 1 saturated carbocycles. The van der Waals surface area contributed by atoms with E-state index in [9.17, 15) is 10.1 Å². The first kappa shape index (κ1) is 13.7. The van der Waals surface area contributed by atoms with Crippen LogP contribution < -0.4 is 5.73 Å². The Morgan fingerprint density at radius 1 is 1.29 bits per heavy atom. The van der Waals surface area contributed by atoms with E-state index in [1.807, 2.05) is 4.68 Å². The van der Waals surface area contributed by atoms with Gasteiger partial charge in [-0.2, -0.15) is 5.10 Å². The Morgan fingerprint density at radius 3 is 2.76 bits per heavy atom. The molecule has 1 heterocycles. The molecule has 1 aliphatic carbocycles. The van der Waals surface area contributed by atoms with E-state index in [1.165, 1.54) is 12.1 Å². The summed E-state index contributed by atoms with van der Waals surface area (Å²) >= 11 is 0. The molecule has 1 aliphatic rings. The van der Waals surface area contributed by atoms with E-state index in [1.54, 1.807) is 18.5 Å². The lowest BCUT2D eigenvalue weighted by molar-refractivity contribution is -0.384. The first-order valence-electron chi connectivity index (χ1n) is 7.05. The highest BCUT2D eigenvalue weighted by Gasteiger charge is 2.21. The molecule has 7 nitrogen and oxygen atoms in total. The minimum atomic E-state index is -0.414. The lowest BCUT2D eigenvalue weighted by Gasteiger charge is -2.25. The summed E-state index contributed by atoms with van der Waals surface area (Å²) in [7, 11) is 0. The third kappa shape index (κ3) is 2.92. The first-order chi connectivity index (χ1) is 10.1. The number of benzene rings is 1. The Hall–Kier alpha value is -2.28. The van der Waals surface area contributed by atoms with E-state index < -0.39 is 4.92 Å².